The van der Waals surface area contributed by atoms with Gasteiger partial charge in [0.2, 0.25) is 5.91 Å². The van der Waals surface area contributed by atoms with Crippen LogP contribution in [-0.2, 0) is 17.4 Å². The predicted molar refractivity (Wildman–Crippen MR) is 91.6 cm³/mol. The van der Waals surface area contributed by atoms with Gasteiger partial charge in [-0.05, 0) is 43.4 Å². The number of carbonyl (C=O) groups excluding carboxylic acids is 1. The maximum atomic E-state index is 12.7. The van der Waals surface area contributed by atoms with E-state index in [0.717, 1.165) is 50.9 Å². The van der Waals surface area contributed by atoms with Crippen molar-refractivity contribution >= 4 is 5.91 Å². The Bertz CT molecular complexity index is 618. The highest BCUT2D eigenvalue weighted by Gasteiger charge is 2.32. The van der Waals surface area contributed by atoms with Crippen molar-refractivity contribution in [3.05, 3.63) is 35.4 Å². The first-order valence-electron chi connectivity index (χ1n) is 9.19. The van der Waals surface area contributed by atoms with Crippen LogP contribution in [0.4, 0.5) is 13.2 Å². The van der Waals surface area contributed by atoms with E-state index in [0.29, 0.717) is 18.7 Å². The first-order chi connectivity index (χ1) is 12.3. The van der Waals surface area contributed by atoms with E-state index in [1.165, 1.54) is 12.1 Å². The number of benzene rings is 1. The van der Waals surface area contributed by atoms with Gasteiger partial charge in [0.05, 0.1) is 18.1 Å². The zero-order valence-electron chi connectivity index (χ0n) is 14.7. The van der Waals surface area contributed by atoms with Crippen molar-refractivity contribution in [2.75, 3.05) is 26.2 Å². The van der Waals surface area contributed by atoms with Crippen LogP contribution in [0.5, 0.6) is 0 Å². The van der Waals surface area contributed by atoms with E-state index in [-0.39, 0.29) is 24.5 Å². The number of halogens is 3. The van der Waals surface area contributed by atoms with Crippen molar-refractivity contribution < 1.29 is 23.1 Å². The van der Waals surface area contributed by atoms with Crippen molar-refractivity contribution in [3.8, 4) is 0 Å². The minimum Gasteiger partial charge on any atom is -0.392 e. The second-order valence-electron chi connectivity index (χ2n) is 7.31. The summed E-state index contributed by atoms with van der Waals surface area (Å²) in [5, 5.41) is 9.68. The molecule has 3 rings (SSSR count). The molecular weight excluding hydrogens is 345 g/mol. The average Bonchev–Trinajstić information content (AvgIpc) is 3.00. The molecule has 1 aromatic carbocycles. The van der Waals surface area contributed by atoms with E-state index >= 15 is 0 Å². The molecule has 7 heteroatoms. The quantitative estimate of drug-likeness (QED) is 0.886. The Morgan fingerprint density at radius 1 is 1.12 bits per heavy atom. The van der Waals surface area contributed by atoms with Crippen LogP contribution in [0.2, 0.25) is 0 Å². The van der Waals surface area contributed by atoms with Crippen molar-refractivity contribution in [2.45, 2.75) is 50.4 Å². The first-order valence-corrected chi connectivity index (χ1v) is 9.19. The Hall–Kier alpha value is -1.60. The predicted octanol–water partition coefficient (Wildman–Crippen LogP) is 2.70. The van der Waals surface area contributed by atoms with Crippen LogP contribution in [0.15, 0.2) is 24.3 Å². The first kappa shape index (κ1) is 19.2. The van der Waals surface area contributed by atoms with Crippen molar-refractivity contribution in [3.63, 3.8) is 0 Å². The molecule has 1 N–H and O–H groups in total. The summed E-state index contributed by atoms with van der Waals surface area (Å²) in [6.45, 7) is 2.95. The molecule has 2 aliphatic heterocycles. The Morgan fingerprint density at radius 2 is 1.85 bits per heavy atom. The highest BCUT2D eigenvalue weighted by Crippen LogP contribution is 2.29. The number of piperidine rings is 1. The lowest BCUT2D eigenvalue weighted by molar-refractivity contribution is -0.137. The number of alkyl halides is 3. The number of amides is 1. The third kappa shape index (κ3) is 4.76. The molecule has 0 aliphatic carbocycles. The zero-order valence-corrected chi connectivity index (χ0v) is 14.7. The molecule has 0 radical (unpaired) electrons. The molecule has 0 aromatic heterocycles. The van der Waals surface area contributed by atoms with Gasteiger partial charge in [-0.3, -0.25) is 9.69 Å². The summed E-state index contributed by atoms with van der Waals surface area (Å²) in [5.41, 5.74) is -0.0962. The fraction of sp³-hybridized carbons (Fsp3) is 0.632. The minimum atomic E-state index is -4.36. The number of aliphatic hydroxyl groups excluding tert-OH is 1. The maximum Gasteiger partial charge on any atom is 0.416 e. The third-order valence-electron chi connectivity index (χ3n) is 5.30. The lowest BCUT2D eigenvalue weighted by Crippen LogP contribution is -2.49. The normalized spacial score (nSPS) is 24.8. The summed E-state index contributed by atoms with van der Waals surface area (Å²) in [6, 6.07) is 4.95. The van der Waals surface area contributed by atoms with Gasteiger partial charge in [-0.2, -0.15) is 13.2 Å². The molecule has 4 nitrogen and oxygen atoms in total. The molecule has 0 bridgehead atoms. The van der Waals surface area contributed by atoms with E-state index in [4.69, 9.17) is 0 Å². The number of likely N-dealkylation sites (tertiary alicyclic amines) is 2. The number of rotatable bonds is 4. The van der Waals surface area contributed by atoms with Crippen LogP contribution in [-0.4, -0.2) is 59.1 Å². The second-order valence-corrected chi connectivity index (χ2v) is 7.31. The molecule has 2 aliphatic rings. The molecular formula is C19H25F3N2O2. The molecule has 1 aromatic rings. The van der Waals surface area contributed by atoms with Gasteiger partial charge < -0.3 is 10.0 Å². The van der Waals surface area contributed by atoms with Crippen LogP contribution in [0, 0.1) is 0 Å². The summed E-state index contributed by atoms with van der Waals surface area (Å²) >= 11 is 0. The summed E-state index contributed by atoms with van der Waals surface area (Å²) < 4.78 is 37.9. The summed E-state index contributed by atoms with van der Waals surface area (Å²) in [6.07, 6.45) is -0.784. The minimum absolute atomic E-state index is 0.0331. The number of carbonyl (C=O) groups is 1. The fourth-order valence-electron chi connectivity index (χ4n) is 3.88. The number of hydrogen-bond acceptors (Lipinski definition) is 3. The van der Waals surface area contributed by atoms with Gasteiger partial charge in [0, 0.05) is 32.2 Å². The standard InChI is InChI=1S/C19H25F3N2O2/c20-19(21,22)15-6-4-14(5-7-15)11-18(26)24-9-2-1-3-16(24)12-23-10-8-17(25)13-23/h4-7,16-17,25H,1-3,8-13H2. The second kappa shape index (κ2) is 7.96. The third-order valence-corrected chi connectivity index (χ3v) is 5.30. The average molecular weight is 370 g/mol. The van der Waals surface area contributed by atoms with E-state index in [1.807, 2.05) is 4.90 Å². The Balaban J connectivity index is 1.61. The summed E-state index contributed by atoms with van der Waals surface area (Å²) in [4.78, 5) is 16.8. The topological polar surface area (TPSA) is 43.8 Å². The van der Waals surface area contributed by atoms with Gasteiger partial charge in [-0.1, -0.05) is 12.1 Å². The van der Waals surface area contributed by atoms with Gasteiger partial charge in [0.15, 0.2) is 0 Å². The van der Waals surface area contributed by atoms with Crippen molar-refractivity contribution in [2.24, 2.45) is 0 Å². The smallest absolute Gasteiger partial charge is 0.392 e. The van der Waals surface area contributed by atoms with Crippen LogP contribution in [0.3, 0.4) is 0 Å². The molecule has 2 unspecified atom stereocenters. The van der Waals surface area contributed by atoms with Crippen molar-refractivity contribution in [1.82, 2.24) is 9.80 Å². The van der Waals surface area contributed by atoms with Gasteiger partial charge in [0.25, 0.3) is 0 Å². The number of β-amino-alcohol motifs (C(OH)–C–C–N with tert-alkyl or cyclic N) is 1. The molecule has 2 fully saturated rings. The van der Waals surface area contributed by atoms with Crippen LogP contribution < -0.4 is 0 Å². The van der Waals surface area contributed by atoms with Crippen LogP contribution >= 0.6 is 0 Å². The van der Waals surface area contributed by atoms with Gasteiger partial charge in [0.1, 0.15) is 0 Å². The maximum absolute atomic E-state index is 12.7. The largest absolute Gasteiger partial charge is 0.416 e. The van der Waals surface area contributed by atoms with Gasteiger partial charge >= 0.3 is 6.18 Å². The molecule has 2 saturated heterocycles. The van der Waals surface area contributed by atoms with Crippen LogP contribution in [0.1, 0.15) is 36.8 Å². The fourth-order valence-corrected chi connectivity index (χ4v) is 3.88. The van der Waals surface area contributed by atoms with E-state index in [1.54, 1.807) is 0 Å². The van der Waals surface area contributed by atoms with E-state index < -0.39 is 11.7 Å². The van der Waals surface area contributed by atoms with Gasteiger partial charge in [-0.15, -0.1) is 0 Å². The SMILES string of the molecule is O=C(Cc1ccc(C(F)(F)F)cc1)N1CCCCC1CN1CCC(O)C1. The monoisotopic (exact) mass is 370 g/mol. The summed E-state index contributed by atoms with van der Waals surface area (Å²) in [7, 11) is 0. The lowest BCUT2D eigenvalue weighted by Gasteiger charge is -2.38. The van der Waals surface area contributed by atoms with E-state index in [9.17, 15) is 23.1 Å². The number of aliphatic hydroxyl groups is 1. The highest BCUT2D eigenvalue weighted by molar-refractivity contribution is 5.79. The zero-order chi connectivity index (χ0) is 18.7. The molecule has 144 valence electrons. The molecule has 2 heterocycles. The number of hydrogen-bond donors (Lipinski definition) is 1. The van der Waals surface area contributed by atoms with Gasteiger partial charge in [-0.25, -0.2) is 0 Å². The van der Waals surface area contributed by atoms with Crippen molar-refractivity contribution in [1.29, 1.82) is 0 Å². The van der Waals surface area contributed by atoms with Crippen LogP contribution in [0.25, 0.3) is 0 Å². The lowest BCUT2D eigenvalue weighted by atomic mass is 10.00. The molecule has 2 atom stereocenters. The number of nitrogens with zero attached hydrogens (tertiary/aromatic N) is 2. The molecule has 26 heavy (non-hydrogen) atoms. The van der Waals surface area contributed by atoms with E-state index in [2.05, 4.69) is 4.90 Å². The Kier molecular flexibility index (Phi) is 5.87. The molecule has 1 amide bonds. The summed E-state index contributed by atoms with van der Waals surface area (Å²) in [5.74, 6) is -0.0331. The Labute approximate surface area is 151 Å². The highest BCUT2D eigenvalue weighted by atomic mass is 19.4. The molecule has 0 spiro atoms. The molecule has 0 saturated carbocycles. The Morgan fingerprint density at radius 3 is 2.46 bits per heavy atom.